The average molecular weight is 478 g/mol. The number of methoxy groups -OCH3 is 1. The third kappa shape index (κ3) is 5.32. The number of nitrogens with zero attached hydrogens (tertiary/aromatic N) is 2. The Labute approximate surface area is 197 Å². The maximum Gasteiger partial charge on any atom is 0.341 e. The number of carbonyl (C=O) groups is 2. The number of nitrogens with one attached hydrogen (secondary N) is 1. The van der Waals surface area contributed by atoms with E-state index in [1.807, 2.05) is 18.9 Å². The van der Waals surface area contributed by atoms with Crippen molar-refractivity contribution >= 4 is 28.5 Å². The van der Waals surface area contributed by atoms with E-state index in [0.29, 0.717) is 36.5 Å². The SMILES string of the molecule is CCCC(=O)O.CNC1CCCN(c2c(F)cc3c(=O)c(C(=O)O)cn(C4CC4)c3c2OC)C1. The van der Waals surface area contributed by atoms with Gasteiger partial charge in [0.15, 0.2) is 11.6 Å². The Hall–Kier alpha value is -3.14. The summed E-state index contributed by atoms with van der Waals surface area (Å²) >= 11 is 0. The van der Waals surface area contributed by atoms with Gasteiger partial charge in [-0.2, -0.15) is 0 Å². The first-order valence-electron chi connectivity index (χ1n) is 11.6. The number of carboxylic acids is 2. The summed E-state index contributed by atoms with van der Waals surface area (Å²) in [6.07, 6.45) is 6.10. The lowest BCUT2D eigenvalue weighted by Crippen LogP contribution is -2.45. The Morgan fingerprint density at radius 2 is 1.97 bits per heavy atom. The van der Waals surface area contributed by atoms with Crippen molar-refractivity contribution in [3.63, 3.8) is 0 Å². The number of carboxylic acid groups (broad SMARTS) is 2. The average Bonchev–Trinajstić information content (AvgIpc) is 3.64. The highest BCUT2D eigenvalue weighted by atomic mass is 19.1. The van der Waals surface area contributed by atoms with Crippen LogP contribution >= 0.6 is 0 Å². The van der Waals surface area contributed by atoms with Crippen LogP contribution in [0.3, 0.4) is 0 Å². The van der Waals surface area contributed by atoms with Gasteiger partial charge < -0.3 is 29.7 Å². The molecule has 0 spiro atoms. The second-order valence-corrected chi connectivity index (χ2v) is 8.67. The van der Waals surface area contributed by atoms with Crippen LogP contribution in [0.1, 0.15) is 61.8 Å². The second kappa shape index (κ2) is 10.9. The van der Waals surface area contributed by atoms with Crippen LogP contribution < -0.4 is 20.4 Å². The summed E-state index contributed by atoms with van der Waals surface area (Å²) in [4.78, 5) is 35.8. The number of rotatable bonds is 7. The van der Waals surface area contributed by atoms with Crippen molar-refractivity contribution in [2.45, 2.75) is 57.5 Å². The molecule has 4 rings (SSSR count). The standard InChI is InChI=1S/C20H24FN3O4.C4H8O2/c1-22-11-4-3-7-23(9-11)17-15(21)8-13-16(19(17)28-2)24(12-5-6-12)10-14(18(13)25)20(26)27;1-2-3-4(5)6/h8,10-12,22H,3-7,9H2,1-2H3,(H,26,27);2-3H2,1H3,(H,5,6). The van der Waals surface area contributed by atoms with E-state index in [0.717, 1.165) is 32.1 Å². The lowest BCUT2D eigenvalue weighted by atomic mass is 10.0. The number of hydrogen-bond acceptors (Lipinski definition) is 6. The Morgan fingerprint density at radius 1 is 1.26 bits per heavy atom. The van der Waals surface area contributed by atoms with Gasteiger partial charge in [0.25, 0.3) is 0 Å². The van der Waals surface area contributed by atoms with Crippen LogP contribution in [0.4, 0.5) is 10.1 Å². The van der Waals surface area contributed by atoms with Gasteiger partial charge in [-0.05, 0) is 45.2 Å². The van der Waals surface area contributed by atoms with Crippen LogP contribution in [0, 0.1) is 5.82 Å². The first-order valence-corrected chi connectivity index (χ1v) is 11.6. The van der Waals surface area contributed by atoms with E-state index in [1.165, 1.54) is 19.4 Å². The molecule has 1 aliphatic heterocycles. The summed E-state index contributed by atoms with van der Waals surface area (Å²) in [6, 6.07) is 1.51. The van der Waals surface area contributed by atoms with Crippen molar-refractivity contribution in [2.24, 2.45) is 0 Å². The Morgan fingerprint density at radius 3 is 2.47 bits per heavy atom. The summed E-state index contributed by atoms with van der Waals surface area (Å²) in [5.41, 5.74) is -0.216. The number of piperidine rings is 1. The maximum absolute atomic E-state index is 15.2. The van der Waals surface area contributed by atoms with E-state index in [-0.39, 0.29) is 23.0 Å². The first-order chi connectivity index (χ1) is 16.2. The largest absolute Gasteiger partial charge is 0.492 e. The number of aliphatic carboxylic acids is 1. The van der Waals surface area contributed by atoms with E-state index in [1.54, 1.807) is 4.57 Å². The number of aromatic carboxylic acids is 1. The third-order valence-corrected chi connectivity index (χ3v) is 6.18. The quantitative estimate of drug-likeness (QED) is 0.556. The molecule has 2 aliphatic rings. The molecule has 10 heteroatoms. The van der Waals surface area contributed by atoms with E-state index in [9.17, 15) is 19.5 Å². The molecule has 186 valence electrons. The van der Waals surface area contributed by atoms with Crippen LogP contribution in [0.15, 0.2) is 17.1 Å². The molecular weight excluding hydrogens is 445 g/mol. The third-order valence-electron chi connectivity index (χ3n) is 6.18. The smallest absolute Gasteiger partial charge is 0.341 e. The summed E-state index contributed by atoms with van der Waals surface area (Å²) in [6.45, 7) is 3.17. The highest BCUT2D eigenvalue weighted by Crippen LogP contribution is 2.44. The van der Waals surface area contributed by atoms with Crippen LogP contribution in [0.25, 0.3) is 10.9 Å². The van der Waals surface area contributed by atoms with Gasteiger partial charge in [-0.3, -0.25) is 9.59 Å². The Kier molecular flexibility index (Phi) is 8.14. The molecule has 2 aromatic rings. The van der Waals surface area contributed by atoms with Crippen LogP contribution in [-0.4, -0.2) is 60.0 Å². The molecule has 1 aromatic heterocycles. The Balaban J connectivity index is 0.000000481. The summed E-state index contributed by atoms with van der Waals surface area (Å²) in [5, 5.41) is 20.6. The summed E-state index contributed by atoms with van der Waals surface area (Å²) in [7, 11) is 3.35. The lowest BCUT2D eigenvalue weighted by Gasteiger charge is -2.35. The number of benzene rings is 1. The van der Waals surface area contributed by atoms with Gasteiger partial charge in [0.2, 0.25) is 5.43 Å². The van der Waals surface area contributed by atoms with E-state index < -0.39 is 23.2 Å². The van der Waals surface area contributed by atoms with Gasteiger partial charge in [-0.15, -0.1) is 0 Å². The van der Waals surface area contributed by atoms with E-state index in [4.69, 9.17) is 9.84 Å². The number of ether oxygens (including phenoxy) is 1. The van der Waals surface area contributed by atoms with Crippen LogP contribution in [-0.2, 0) is 4.79 Å². The zero-order valence-electron chi connectivity index (χ0n) is 19.8. The molecule has 34 heavy (non-hydrogen) atoms. The number of pyridine rings is 1. The summed E-state index contributed by atoms with van der Waals surface area (Å²) in [5.74, 6) is -2.29. The van der Waals surface area contributed by atoms with Crippen molar-refractivity contribution in [3.8, 4) is 5.75 Å². The van der Waals surface area contributed by atoms with Gasteiger partial charge in [-0.25, -0.2) is 9.18 Å². The zero-order chi connectivity index (χ0) is 25.0. The molecule has 0 amide bonds. The first kappa shape index (κ1) is 25.5. The molecule has 1 atom stereocenters. The number of hydrogen-bond donors (Lipinski definition) is 3. The molecule has 9 nitrogen and oxygen atoms in total. The topological polar surface area (TPSA) is 121 Å². The minimum Gasteiger partial charge on any atom is -0.492 e. The molecule has 0 bridgehead atoms. The number of anilines is 1. The minimum atomic E-state index is -1.31. The molecule has 1 saturated heterocycles. The molecule has 2 heterocycles. The number of likely N-dealkylation sites (N-methyl/N-ethyl adjacent to an activating group) is 1. The van der Waals surface area contributed by atoms with Crippen LogP contribution in [0.2, 0.25) is 0 Å². The van der Waals surface area contributed by atoms with Gasteiger partial charge in [0.05, 0.1) is 18.0 Å². The van der Waals surface area contributed by atoms with Crippen molar-refractivity contribution in [2.75, 3.05) is 32.1 Å². The fraction of sp³-hybridized carbons (Fsp3) is 0.542. The van der Waals surface area contributed by atoms with E-state index in [2.05, 4.69) is 5.32 Å². The molecule has 2 fully saturated rings. The van der Waals surface area contributed by atoms with Crippen molar-refractivity contribution in [3.05, 3.63) is 33.9 Å². The number of fused-ring (bicyclic) bond motifs is 1. The molecular formula is C24H32FN3O6. The second-order valence-electron chi connectivity index (χ2n) is 8.67. The maximum atomic E-state index is 15.2. The van der Waals surface area contributed by atoms with Gasteiger partial charge >= 0.3 is 11.9 Å². The van der Waals surface area contributed by atoms with Crippen molar-refractivity contribution in [1.29, 1.82) is 0 Å². The van der Waals surface area contributed by atoms with Crippen molar-refractivity contribution < 1.29 is 28.9 Å². The molecule has 1 aliphatic carbocycles. The molecule has 1 unspecified atom stereocenters. The fourth-order valence-corrected chi connectivity index (χ4v) is 4.35. The van der Waals surface area contributed by atoms with E-state index >= 15 is 4.39 Å². The molecule has 0 radical (unpaired) electrons. The fourth-order valence-electron chi connectivity index (χ4n) is 4.35. The van der Waals surface area contributed by atoms with Gasteiger partial charge in [0, 0.05) is 37.8 Å². The number of aromatic nitrogens is 1. The van der Waals surface area contributed by atoms with Crippen LogP contribution in [0.5, 0.6) is 5.75 Å². The Bertz CT molecular complexity index is 1130. The zero-order valence-corrected chi connectivity index (χ0v) is 19.8. The normalized spacial score (nSPS) is 17.8. The summed E-state index contributed by atoms with van der Waals surface area (Å²) < 4.78 is 22.6. The van der Waals surface area contributed by atoms with Gasteiger partial charge in [-0.1, -0.05) is 6.92 Å². The van der Waals surface area contributed by atoms with Crippen molar-refractivity contribution in [1.82, 2.24) is 9.88 Å². The van der Waals surface area contributed by atoms with Gasteiger partial charge in [0.1, 0.15) is 11.3 Å². The predicted octanol–water partition coefficient (Wildman–Crippen LogP) is 3.24. The number of halogens is 1. The molecule has 3 N–H and O–H groups in total. The lowest BCUT2D eigenvalue weighted by molar-refractivity contribution is -0.137. The highest BCUT2D eigenvalue weighted by Gasteiger charge is 2.32. The monoisotopic (exact) mass is 477 g/mol. The minimum absolute atomic E-state index is 0.0482. The predicted molar refractivity (Wildman–Crippen MR) is 127 cm³/mol. The molecule has 1 aromatic carbocycles. The molecule has 1 saturated carbocycles. The highest BCUT2D eigenvalue weighted by molar-refractivity contribution is 5.97.